The van der Waals surface area contributed by atoms with E-state index in [9.17, 15) is 10.4 Å². The van der Waals surface area contributed by atoms with E-state index in [1.807, 2.05) is 12.1 Å². The highest BCUT2D eigenvalue weighted by Crippen LogP contribution is 2.32. The van der Waals surface area contributed by atoms with Crippen LogP contribution in [0.3, 0.4) is 0 Å². The number of benzene rings is 1. The first-order valence-electron chi connectivity index (χ1n) is 7.44. The Bertz CT molecular complexity index is 708. The van der Waals surface area contributed by atoms with Crippen LogP contribution in [0.5, 0.6) is 5.75 Å². The van der Waals surface area contributed by atoms with Crippen molar-refractivity contribution in [2.45, 2.75) is 18.9 Å². The molecule has 2 heterocycles. The van der Waals surface area contributed by atoms with Crippen molar-refractivity contribution in [3.63, 3.8) is 0 Å². The van der Waals surface area contributed by atoms with Crippen molar-refractivity contribution in [2.75, 3.05) is 18.4 Å². The van der Waals surface area contributed by atoms with Gasteiger partial charge in [0.25, 0.3) is 0 Å². The second kappa shape index (κ2) is 7.82. The topological polar surface area (TPSA) is 81.0 Å². The van der Waals surface area contributed by atoms with Gasteiger partial charge in [-0.2, -0.15) is 5.26 Å². The molecular weight excluding hydrogens is 312 g/mol. The van der Waals surface area contributed by atoms with Crippen molar-refractivity contribution in [3.05, 3.63) is 42.1 Å². The number of anilines is 1. The van der Waals surface area contributed by atoms with Crippen LogP contribution in [0.1, 0.15) is 18.4 Å². The number of rotatable bonds is 3. The monoisotopic (exact) mass is 330 g/mol. The number of nitrogens with zero attached hydrogens (tertiary/aromatic N) is 2. The molecular formula is C17H19ClN4O. The van der Waals surface area contributed by atoms with Crippen LogP contribution in [-0.4, -0.2) is 29.2 Å². The quantitative estimate of drug-likeness (QED) is 0.806. The zero-order valence-corrected chi connectivity index (χ0v) is 13.4. The molecule has 1 unspecified atom stereocenters. The van der Waals surface area contributed by atoms with Gasteiger partial charge in [0, 0.05) is 24.3 Å². The van der Waals surface area contributed by atoms with E-state index in [0.29, 0.717) is 22.9 Å². The summed E-state index contributed by atoms with van der Waals surface area (Å²) in [6, 6.07) is 11.3. The summed E-state index contributed by atoms with van der Waals surface area (Å²) < 4.78 is 0. The lowest BCUT2D eigenvalue weighted by atomic mass is 10.0. The van der Waals surface area contributed by atoms with E-state index in [0.717, 1.165) is 31.6 Å². The largest absolute Gasteiger partial charge is 0.507 e. The molecule has 0 amide bonds. The maximum absolute atomic E-state index is 10.0. The third kappa shape index (κ3) is 3.73. The predicted octanol–water partition coefficient (Wildman–Crippen LogP) is 2.91. The number of nitrogens with one attached hydrogen (secondary N) is 2. The van der Waals surface area contributed by atoms with Gasteiger partial charge in [-0.05, 0) is 37.6 Å². The summed E-state index contributed by atoms with van der Waals surface area (Å²) in [5.74, 6) is 0.128. The van der Waals surface area contributed by atoms with Crippen LogP contribution in [-0.2, 0) is 0 Å². The molecule has 0 radical (unpaired) electrons. The number of hydrogen-bond donors (Lipinski definition) is 3. The zero-order chi connectivity index (χ0) is 15.4. The highest BCUT2D eigenvalue weighted by molar-refractivity contribution is 5.85. The van der Waals surface area contributed by atoms with Gasteiger partial charge in [0.1, 0.15) is 17.4 Å². The van der Waals surface area contributed by atoms with Gasteiger partial charge in [-0.25, -0.2) is 0 Å². The molecule has 1 saturated heterocycles. The number of aromatic hydroxyl groups is 1. The molecule has 0 aliphatic carbocycles. The van der Waals surface area contributed by atoms with Crippen molar-refractivity contribution in [2.24, 2.45) is 0 Å². The Morgan fingerprint density at radius 1 is 1.30 bits per heavy atom. The molecule has 120 valence electrons. The smallest absolute Gasteiger partial charge is 0.125 e. The molecule has 0 bridgehead atoms. The van der Waals surface area contributed by atoms with Crippen LogP contribution in [0.25, 0.3) is 11.3 Å². The third-order valence-electron chi connectivity index (χ3n) is 3.88. The highest BCUT2D eigenvalue weighted by atomic mass is 35.5. The Morgan fingerprint density at radius 2 is 2.13 bits per heavy atom. The molecule has 1 aromatic carbocycles. The fourth-order valence-corrected chi connectivity index (χ4v) is 2.77. The lowest BCUT2D eigenvalue weighted by molar-refractivity contribution is 0.477. The van der Waals surface area contributed by atoms with E-state index in [1.54, 1.807) is 24.4 Å². The molecule has 5 nitrogen and oxygen atoms in total. The number of pyridine rings is 1. The number of hydrogen-bond acceptors (Lipinski definition) is 5. The number of phenolic OH excluding ortho intramolecular Hbond substituents is 1. The summed E-state index contributed by atoms with van der Waals surface area (Å²) in [7, 11) is 0. The molecule has 1 aliphatic heterocycles. The second-order valence-electron chi connectivity index (χ2n) is 5.40. The molecule has 1 aliphatic rings. The van der Waals surface area contributed by atoms with Gasteiger partial charge < -0.3 is 15.7 Å². The van der Waals surface area contributed by atoms with Crippen LogP contribution >= 0.6 is 12.4 Å². The molecule has 1 aromatic heterocycles. The van der Waals surface area contributed by atoms with Crippen LogP contribution in [0.4, 0.5) is 5.69 Å². The van der Waals surface area contributed by atoms with Gasteiger partial charge in [0.15, 0.2) is 0 Å². The number of para-hydroxylation sites is 1. The summed E-state index contributed by atoms with van der Waals surface area (Å²) in [4.78, 5) is 4.30. The predicted molar refractivity (Wildman–Crippen MR) is 92.8 cm³/mol. The number of phenols is 1. The van der Waals surface area contributed by atoms with Crippen molar-refractivity contribution in [3.8, 4) is 23.1 Å². The Balaban J connectivity index is 0.00000192. The Hall–Kier alpha value is -2.29. The van der Waals surface area contributed by atoms with Gasteiger partial charge in [0.05, 0.1) is 11.4 Å². The normalized spacial score (nSPS) is 16.9. The standard InChI is InChI=1S/C17H18N4O.ClH/c18-10-14-15(21-12-4-3-8-19-11-12)7-9-20-17(14)13-5-1-2-6-16(13)22;/h1-2,5-7,9,12,19,22H,3-4,8,11H2,(H,20,21);1H. The van der Waals surface area contributed by atoms with E-state index in [-0.39, 0.29) is 18.2 Å². The van der Waals surface area contributed by atoms with Gasteiger partial charge in [-0.3, -0.25) is 4.98 Å². The minimum atomic E-state index is 0. The fourth-order valence-electron chi connectivity index (χ4n) is 2.77. The molecule has 0 saturated carbocycles. The highest BCUT2D eigenvalue weighted by Gasteiger charge is 2.18. The SMILES string of the molecule is Cl.N#Cc1c(NC2CCCNC2)ccnc1-c1ccccc1O. The summed E-state index contributed by atoms with van der Waals surface area (Å²) in [5, 5.41) is 26.3. The average Bonchev–Trinajstić information content (AvgIpc) is 2.56. The molecule has 1 atom stereocenters. The van der Waals surface area contributed by atoms with E-state index < -0.39 is 0 Å². The first kappa shape index (κ1) is 17.1. The van der Waals surface area contributed by atoms with Gasteiger partial charge >= 0.3 is 0 Å². The Labute approximate surface area is 141 Å². The van der Waals surface area contributed by atoms with Gasteiger partial charge in [-0.1, -0.05) is 12.1 Å². The van der Waals surface area contributed by atoms with Crippen molar-refractivity contribution in [1.82, 2.24) is 10.3 Å². The molecule has 23 heavy (non-hydrogen) atoms. The minimum Gasteiger partial charge on any atom is -0.507 e. The minimum absolute atomic E-state index is 0. The van der Waals surface area contributed by atoms with Crippen molar-refractivity contribution >= 4 is 18.1 Å². The van der Waals surface area contributed by atoms with Crippen LogP contribution in [0, 0.1) is 11.3 Å². The molecule has 2 aromatic rings. The van der Waals surface area contributed by atoms with Crippen molar-refractivity contribution < 1.29 is 5.11 Å². The maximum Gasteiger partial charge on any atom is 0.125 e. The molecule has 3 N–H and O–H groups in total. The van der Waals surface area contributed by atoms with Crippen LogP contribution < -0.4 is 10.6 Å². The molecule has 6 heteroatoms. The number of piperidine rings is 1. The average molecular weight is 331 g/mol. The second-order valence-corrected chi connectivity index (χ2v) is 5.40. The summed E-state index contributed by atoms with van der Waals surface area (Å²) in [6.45, 7) is 1.93. The Morgan fingerprint density at radius 3 is 2.83 bits per heavy atom. The number of nitriles is 1. The molecule has 0 spiro atoms. The van der Waals surface area contributed by atoms with Crippen LogP contribution in [0.2, 0.25) is 0 Å². The molecule has 3 rings (SSSR count). The lowest BCUT2D eigenvalue weighted by Crippen LogP contribution is -2.38. The van der Waals surface area contributed by atoms with E-state index in [1.165, 1.54) is 0 Å². The lowest BCUT2D eigenvalue weighted by Gasteiger charge is -2.25. The summed E-state index contributed by atoms with van der Waals surface area (Å²) in [5.41, 5.74) is 2.32. The molecule has 1 fully saturated rings. The summed E-state index contributed by atoms with van der Waals surface area (Å²) in [6.07, 6.45) is 3.87. The fraction of sp³-hybridized carbons (Fsp3) is 0.294. The first-order chi connectivity index (χ1) is 10.8. The van der Waals surface area contributed by atoms with E-state index in [2.05, 4.69) is 21.7 Å². The van der Waals surface area contributed by atoms with Crippen LogP contribution in [0.15, 0.2) is 36.5 Å². The Kier molecular flexibility index (Phi) is 5.80. The maximum atomic E-state index is 10.0. The van der Waals surface area contributed by atoms with Crippen molar-refractivity contribution in [1.29, 1.82) is 5.26 Å². The number of halogens is 1. The van der Waals surface area contributed by atoms with E-state index in [4.69, 9.17) is 0 Å². The van der Waals surface area contributed by atoms with E-state index >= 15 is 0 Å². The summed E-state index contributed by atoms with van der Waals surface area (Å²) >= 11 is 0. The number of aromatic nitrogens is 1. The van der Waals surface area contributed by atoms with Gasteiger partial charge in [0.2, 0.25) is 0 Å². The third-order valence-corrected chi connectivity index (χ3v) is 3.88. The zero-order valence-electron chi connectivity index (χ0n) is 12.6. The van der Waals surface area contributed by atoms with Gasteiger partial charge in [-0.15, -0.1) is 12.4 Å². The first-order valence-corrected chi connectivity index (χ1v) is 7.44.